The molecule has 3 heterocycles. The SMILES string of the molecule is c1coc(CN2CCN(Cc3nnnn3C3CC3)CC2)c1. The third-order valence-electron chi connectivity index (χ3n) is 4.24. The first-order valence-electron chi connectivity index (χ1n) is 7.62. The van der Waals surface area contributed by atoms with Gasteiger partial charge in [0.05, 0.1) is 25.4 Å². The topological polar surface area (TPSA) is 63.2 Å². The molecule has 21 heavy (non-hydrogen) atoms. The van der Waals surface area contributed by atoms with Gasteiger partial charge >= 0.3 is 0 Å². The summed E-state index contributed by atoms with van der Waals surface area (Å²) in [6.07, 6.45) is 4.17. The Balaban J connectivity index is 1.30. The van der Waals surface area contributed by atoms with Crippen LogP contribution in [0.3, 0.4) is 0 Å². The number of tetrazole rings is 1. The second kappa shape index (κ2) is 5.57. The highest BCUT2D eigenvalue weighted by Crippen LogP contribution is 2.34. The number of nitrogens with zero attached hydrogens (tertiary/aromatic N) is 6. The molecule has 4 rings (SSSR count). The van der Waals surface area contributed by atoms with Gasteiger partial charge in [0.2, 0.25) is 0 Å². The molecule has 0 amide bonds. The summed E-state index contributed by atoms with van der Waals surface area (Å²) in [5.41, 5.74) is 0. The van der Waals surface area contributed by atoms with Crippen molar-refractivity contribution in [1.29, 1.82) is 0 Å². The van der Waals surface area contributed by atoms with Gasteiger partial charge in [-0.05, 0) is 35.4 Å². The fourth-order valence-electron chi connectivity index (χ4n) is 2.85. The Morgan fingerprint density at radius 2 is 1.86 bits per heavy atom. The molecule has 0 N–H and O–H groups in total. The van der Waals surface area contributed by atoms with Crippen molar-refractivity contribution < 1.29 is 4.42 Å². The minimum atomic E-state index is 0.551. The zero-order valence-electron chi connectivity index (χ0n) is 12.1. The van der Waals surface area contributed by atoms with E-state index in [4.69, 9.17) is 4.42 Å². The first-order chi connectivity index (χ1) is 10.4. The molecule has 1 aliphatic heterocycles. The summed E-state index contributed by atoms with van der Waals surface area (Å²) in [6, 6.07) is 4.54. The summed E-state index contributed by atoms with van der Waals surface area (Å²) in [5, 5.41) is 12.1. The van der Waals surface area contributed by atoms with Crippen molar-refractivity contribution in [1.82, 2.24) is 30.0 Å². The van der Waals surface area contributed by atoms with E-state index in [9.17, 15) is 0 Å². The Bertz CT molecular complexity index is 568. The van der Waals surface area contributed by atoms with Crippen LogP contribution in [0.25, 0.3) is 0 Å². The van der Waals surface area contributed by atoms with E-state index in [-0.39, 0.29) is 0 Å². The summed E-state index contributed by atoms with van der Waals surface area (Å²) in [7, 11) is 0. The molecule has 0 bridgehead atoms. The van der Waals surface area contributed by atoms with E-state index >= 15 is 0 Å². The zero-order chi connectivity index (χ0) is 14.1. The lowest BCUT2D eigenvalue weighted by Crippen LogP contribution is -2.45. The van der Waals surface area contributed by atoms with E-state index in [0.717, 1.165) is 50.9 Å². The quantitative estimate of drug-likeness (QED) is 0.815. The molecule has 0 aromatic carbocycles. The van der Waals surface area contributed by atoms with Crippen LogP contribution in [0.1, 0.15) is 30.5 Å². The Morgan fingerprint density at radius 3 is 2.52 bits per heavy atom. The van der Waals surface area contributed by atoms with Gasteiger partial charge in [0.25, 0.3) is 0 Å². The fraction of sp³-hybridized carbons (Fsp3) is 0.643. The van der Waals surface area contributed by atoms with Crippen LogP contribution >= 0.6 is 0 Å². The summed E-state index contributed by atoms with van der Waals surface area (Å²) < 4.78 is 7.42. The lowest BCUT2D eigenvalue weighted by atomic mass is 10.3. The van der Waals surface area contributed by atoms with Gasteiger partial charge in [-0.3, -0.25) is 9.80 Å². The van der Waals surface area contributed by atoms with Crippen LogP contribution in [0, 0.1) is 0 Å². The highest BCUT2D eigenvalue weighted by molar-refractivity contribution is 4.98. The molecule has 2 aromatic heterocycles. The second-order valence-electron chi connectivity index (χ2n) is 5.90. The maximum absolute atomic E-state index is 5.41. The Labute approximate surface area is 123 Å². The molecule has 1 aliphatic carbocycles. The largest absolute Gasteiger partial charge is 0.468 e. The molecule has 112 valence electrons. The number of hydrogen-bond acceptors (Lipinski definition) is 6. The van der Waals surface area contributed by atoms with E-state index in [1.54, 1.807) is 6.26 Å². The smallest absolute Gasteiger partial charge is 0.165 e. The van der Waals surface area contributed by atoms with Crippen molar-refractivity contribution in [3.05, 3.63) is 30.0 Å². The lowest BCUT2D eigenvalue weighted by Gasteiger charge is -2.33. The monoisotopic (exact) mass is 288 g/mol. The van der Waals surface area contributed by atoms with Crippen LogP contribution in [-0.4, -0.2) is 56.2 Å². The standard InChI is InChI=1S/C14H20N6O/c1-2-13(21-9-1)10-18-5-7-19(8-6-18)11-14-15-16-17-20(14)12-3-4-12/h1-2,9,12H,3-8,10-11H2. The highest BCUT2D eigenvalue weighted by Gasteiger charge is 2.28. The van der Waals surface area contributed by atoms with E-state index in [1.807, 2.05) is 16.8 Å². The summed E-state index contributed by atoms with van der Waals surface area (Å²) >= 11 is 0. The third kappa shape index (κ3) is 2.98. The van der Waals surface area contributed by atoms with Crippen molar-refractivity contribution in [2.24, 2.45) is 0 Å². The van der Waals surface area contributed by atoms with Crippen molar-refractivity contribution in [2.45, 2.75) is 32.0 Å². The first kappa shape index (κ1) is 13.0. The maximum atomic E-state index is 5.41. The first-order valence-corrected chi connectivity index (χ1v) is 7.62. The minimum Gasteiger partial charge on any atom is -0.468 e. The number of hydrogen-bond donors (Lipinski definition) is 0. The van der Waals surface area contributed by atoms with Gasteiger partial charge < -0.3 is 4.42 Å². The molecule has 7 nitrogen and oxygen atoms in total. The van der Waals surface area contributed by atoms with Crippen LogP contribution in [0.15, 0.2) is 22.8 Å². The average Bonchev–Trinajstić information content (AvgIpc) is 3.02. The molecular formula is C14H20N6O. The van der Waals surface area contributed by atoms with E-state index in [1.165, 1.54) is 12.8 Å². The number of piperazine rings is 1. The van der Waals surface area contributed by atoms with Crippen LogP contribution in [0.2, 0.25) is 0 Å². The second-order valence-corrected chi connectivity index (χ2v) is 5.90. The molecule has 7 heteroatoms. The van der Waals surface area contributed by atoms with Gasteiger partial charge in [0, 0.05) is 26.2 Å². The number of furan rings is 1. The molecular weight excluding hydrogens is 268 g/mol. The fourth-order valence-corrected chi connectivity index (χ4v) is 2.85. The third-order valence-corrected chi connectivity index (χ3v) is 4.24. The highest BCUT2D eigenvalue weighted by atomic mass is 16.3. The van der Waals surface area contributed by atoms with Gasteiger partial charge in [-0.2, -0.15) is 0 Å². The van der Waals surface area contributed by atoms with Crippen LogP contribution in [0.4, 0.5) is 0 Å². The van der Waals surface area contributed by atoms with Crippen molar-refractivity contribution in [3.63, 3.8) is 0 Å². The molecule has 0 spiro atoms. The van der Waals surface area contributed by atoms with Crippen molar-refractivity contribution in [2.75, 3.05) is 26.2 Å². The molecule has 2 aromatic rings. The molecule has 1 saturated heterocycles. The van der Waals surface area contributed by atoms with E-state index in [0.29, 0.717) is 6.04 Å². The number of aromatic nitrogens is 4. The normalized spacial score (nSPS) is 21.0. The molecule has 2 fully saturated rings. The Hall–Kier alpha value is -1.73. The summed E-state index contributed by atoms with van der Waals surface area (Å²) in [5.74, 6) is 2.05. The average molecular weight is 288 g/mol. The van der Waals surface area contributed by atoms with Gasteiger partial charge in [0.15, 0.2) is 5.82 Å². The molecule has 1 saturated carbocycles. The Kier molecular flexibility index (Phi) is 3.44. The van der Waals surface area contributed by atoms with Gasteiger partial charge in [-0.25, -0.2) is 4.68 Å². The zero-order valence-corrected chi connectivity index (χ0v) is 12.1. The lowest BCUT2D eigenvalue weighted by molar-refractivity contribution is 0.113. The van der Waals surface area contributed by atoms with Gasteiger partial charge in [-0.15, -0.1) is 5.10 Å². The Morgan fingerprint density at radius 1 is 1.10 bits per heavy atom. The van der Waals surface area contributed by atoms with Gasteiger partial charge in [-0.1, -0.05) is 0 Å². The van der Waals surface area contributed by atoms with Gasteiger partial charge in [0.1, 0.15) is 5.76 Å². The minimum absolute atomic E-state index is 0.551. The number of rotatable bonds is 5. The predicted octanol–water partition coefficient (Wildman–Crippen LogP) is 0.919. The molecule has 0 atom stereocenters. The van der Waals surface area contributed by atoms with Crippen molar-refractivity contribution in [3.8, 4) is 0 Å². The predicted molar refractivity (Wildman–Crippen MR) is 75.4 cm³/mol. The summed E-state index contributed by atoms with van der Waals surface area (Å²) in [6.45, 7) is 5.99. The molecule has 2 aliphatic rings. The van der Waals surface area contributed by atoms with Crippen LogP contribution < -0.4 is 0 Å². The summed E-state index contributed by atoms with van der Waals surface area (Å²) in [4.78, 5) is 4.86. The van der Waals surface area contributed by atoms with E-state index in [2.05, 4.69) is 25.3 Å². The van der Waals surface area contributed by atoms with E-state index < -0.39 is 0 Å². The van der Waals surface area contributed by atoms with Crippen LogP contribution in [0.5, 0.6) is 0 Å². The maximum Gasteiger partial charge on any atom is 0.165 e. The van der Waals surface area contributed by atoms with Crippen molar-refractivity contribution >= 4 is 0 Å². The molecule has 0 unspecified atom stereocenters. The molecule has 0 radical (unpaired) electrons. The van der Waals surface area contributed by atoms with Crippen LogP contribution in [-0.2, 0) is 13.1 Å².